The molecule has 0 unspecified atom stereocenters. The third-order valence-corrected chi connectivity index (χ3v) is 3.98. The molecule has 0 bridgehead atoms. The van der Waals surface area contributed by atoms with Crippen LogP contribution in [0, 0.1) is 0 Å². The zero-order valence-corrected chi connectivity index (χ0v) is 12.7. The van der Waals surface area contributed by atoms with Crippen molar-refractivity contribution in [3.05, 3.63) is 57.3 Å². The van der Waals surface area contributed by atoms with Crippen molar-refractivity contribution in [3.8, 4) is 0 Å². The minimum atomic E-state index is -0.318. The lowest BCUT2D eigenvalue weighted by molar-refractivity contribution is 0.0594. The fraction of sp³-hybridized carbons (Fsp3) is 0.188. The van der Waals surface area contributed by atoms with E-state index >= 15 is 0 Å². The topological polar surface area (TPSA) is 42.1 Å². The Kier molecular flexibility index (Phi) is 3.49. The molecule has 0 amide bonds. The number of aromatic nitrogens is 1. The number of aromatic amines is 1. The molecule has 0 saturated heterocycles. The largest absolute Gasteiger partial charge is 0.464 e. The predicted octanol–water partition coefficient (Wildman–Crippen LogP) is 4.05. The lowest BCUT2D eigenvalue weighted by Gasteiger charge is -2.00. The van der Waals surface area contributed by atoms with Crippen molar-refractivity contribution < 1.29 is 9.53 Å². The molecule has 0 fully saturated rings. The maximum atomic E-state index is 11.5. The number of carbonyl (C=O) groups excluding carboxylic acids is 1. The Morgan fingerprint density at radius 2 is 2.20 bits per heavy atom. The van der Waals surface area contributed by atoms with Crippen LogP contribution in [0.1, 0.15) is 33.7 Å². The van der Waals surface area contributed by atoms with Crippen molar-refractivity contribution in [2.45, 2.75) is 12.8 Å². The van der Waals surface area contributed by atoms with Gasteiger partial charge in [0, 0.05) is 10.2 Å². The van der Waals surface area contributed by atoms with Crippen LogP contribution in [-0.4, -0.2) is 18.1 Å². The molecule has 20 heavy (non-hydrogen) atoms. The second-order valence-electron chi connectivity index (χ2n) is 4.79. The lowest BCUT2D eigenvalue weighted by Crippen LogP contribution is -2.01. The van der Waals surface area contributed by atoms with Crippen molar-refractivity contribution in [3.63, 3.8) is 0 Å². The number of allylic oxidation sites excluding steroid dienone is 1. The molecular weight excluding hydrogens is 318 g/mol. The summed E-state index contributed by atoms with van der Waals surface area (Å²) in [6, 6.07) is 10.1. The van der Waals surface area contributed by atoms with E-state index in [1.165, 1.54) is 12.7 Å². The summed E-state index contributed by atoms with van der Waals surface area (Å²) in [4.78, 5) is 14.7. The Morgan fingerprint density at radius 3 is 2.95 bits per heavy atom. The number of nitrogens with one attached hydrogen (secondary N) is 1. The summed E-state index contributed by atoms with van der Waals surface area (Å²) in [5, 5.41) is 0. The van der Waals surface area contributed by atoms with Gasteiger partial charge < -0.3 is 9.72 Å². The van der Waals surface area contributed by atoms with Crippen LogP contribution in [0.2, 0.25) is 0 Å². The number of fused-ring (bicyclic) bond motifs is 1. The average molecular weight is 332 g/mol. The van der Waals surface area contributed by atoms with Gasteiger partial charge >= 0.3 is 5.97 Å². The molecule has 1 aromatic heterocycles. The number of aryl methyl sites for hydroxylation is 1. The molecule has 1 heterocycles. The summed E-state index contributed by atoms with van der Waals surface area (Å²) < 4.78 is 5.81. The smallest absolute Gasteiger partial charge is 0.354 e. The summed E-state index contributed by atoms with van der Waals surface area (Å²) in [5.74, 6) is -0.318. The number of benzene rings is 1. The number of carbonyl (C=O) groups is 1. The van der Waals surface area contributed by atoms with Crippen LogP contribution in [0.25, 0.3) is 11.6 Å². The van der Waals surface area contributed by atoms with Crippen LogP contribution in [0.4, 0.5) is 0 Å². The Balaban J connectivity index is 1.96. The van der Waals surface area contributed by atoms with Crippen LogP contribution < -0.4 is 0 Å². The van der Waals surface area contributed by atoms with Crippen molar-refractivity contribution in [1.82, 2.24) is 4.98 Å². The zero-order valence-electron chi connectivity index (χ0n) is 11.1. The van der Waals surface area contributed by atoms with Crippen LogP contribution >= 0.6 is 15.9 Å². The van der Waals surface area contributed by atoms with Gasteiger partial charge in [-0.25, -0.2) is 4.79 Å². The highest BCUT2D eigenvalue weighted by atomic mass is 79.9. The number of halogens is 1. The first-order chi connectivity index (χ1) is 9.67. The van der Waals surface area contributed by atoms with Crippen molar-refractivity contribution in [1.29, 1.82) is 0 Å². The van der Waals surface area contributed by atoms with Gasteiger partial charge in [0.25, 0.3) is 0 Å². The summed E-state index contributed by atoms with van der Waals surface area (Å²) in [6.07, 6.45) is 4.10. The molecule has 3 nitrogen and oxygen atoms in total. The van der Waals surface area contributed by atoms with Gasteiger partial charge in [-0.2, -0.15) is 0 Å². The Bertz CT molecular complexity index is 700. The highest BCUT2D eigenvalue weighted by molar-refractivity contribution is 9.10. The van der Waals surface area contributed by atoms with Crippen LogP contribution in [-0.2, 0) is 11.2 Å². The lowest BCUT2D eigenvalue weighted by atomic mass is 10.1. The summed E-state index contributed by atoms with van der Waals surface area (Å²) in [7, 11) is 1.40. The normalized spacial score (nSPS) is 15.4. The third-order valence-electron chi connectivity index (χ3n) is 3.48. The average Bonchev–Trinajstić information content (AvgIpc) is 3.00. The van der Waals surface area contributed by atoms with Gasteiger partial charge in [-0.15, -0.1) is 0 Å². The Hall–Kier alpha value is -1.81. The highest BCUT2D eigenvalue weighted by Crippen LogP contribution is 2.34. The van der Waals surface area contributed by atoms with Crippen molar-refractivity contribution >= 4 is 33.5 Å². The molecule has 2 aromatic rings. The van der Waals surface area contributed by atoms with Crippen LogP contribution in [0.3, 0.4) is 0 Å². The van der Waals surface area contributed by atoms with Crippen molar-refractivity contribution in [2.75, 3.05) is 7.11 Å². The summed E-state index contributed by atoms with van der Waals surface area (Å²) >= 11 is 3.48. The summed E-state index contributed by atoms with van der Waals surface area (Å²) in [5.41, 5.74) is 5.18. The van der Waals surface area contributed by atoms with E-state index in [0.717, 1.165) is 34.1 Å². The molecule has 102 valence electrons. The standard InChI is InChI=1S/C16H14BrNO2/c1-20-16(19)15-9-13-11(5-6-14(13)18-15)7-10-3-2-4-12(17)8-10/h2-4,7-9,18H,5-6H2,1H3/b11-7+. The van der Waals surface area contributed by atoms with E-state index in [1.807, 2.05) is 18.2 Å². The Morgan fingerprint density at radius 1 is 1.35 bits per heavy atom. The SMILES string of the molecule is COC(=O)c1cc2c([nH]1)CC/C2=C\c1cccc(Br)c1. The molecule has 1 aliphatic rings. The molecule has 1 aliphatic carbocycles. The van der Waals surface area contributed by atoms with E-state index in [0.29, 0.717) is 5.69 Å². The molecule has 0 saturated carbocycles. The van der Waals surface area contributed by atoms with Gasteiger partial charge in [-0.1, -0.05) is 34.1 Å². The first-order valence-corrected chi connectivity index (χ1v) is 7.23. The monoisotopic (exact) mass is 331 g/mol. The number of hydrogen-bond acceptors (Lipinski definition) is 2. The number of esters is 1. The van der Waals surface area contributed by atoms with Gasteiger partial charge in [0.15, 0.2) is 0 Å². The molecule has 0 atom stereocenters. The number of ether oxygens (including phenoxy) is 1. The minimum absolute atomic E-state index is 0.318. The first kappa shape index (κ1) is 13.2. The fourth-order valence-electron chi connectivity index (χ4n) is 2.54. The molecule has 0 spiro atoms. The molecule has 1 aromatic carbocycles. The molecule has 4 heteroatoms. The maximum absolute atomic E-state index is 11.5. The number of methoxy groups -OCH3 is 1. The molecule has 1 N–H and O–H groups in total. The summed E-state index contributed by atoms with van der Waals surface area (Å²) in [6.45, 7) is 0. The number of rotatable bonds is 2. The molecule has 0 radical (unpaired) electrons. The van der Waals surface area contributed by atoms with Crippen LogP contribution in [0.15, 0.2) is 34.8 Å². The second kappa shape index (κ2) is 5.29. The third kappa shape index (κ3) is 2.43. The van der Waals surface area contributed by atoms with Gasteiger partial charge in [-0.05, 0) is 47.7 Å². The van der Waals surface area contributed by atoms with Gasteiger partial charge in [0.05, 0.1) is 7.11 Å². The van der Waals surface area contributed by atoms with Gasteiger partial charge in [0.1, 0.15) is 5.69 Å². The van der Waals surface area contributed by atoms with E-state index in [9.17, 15) is 4.79 Å². The first-order valence-electron chi connectivity index (χ1n) is 6.44. The van der Waals surface area contributed by atoms with Crippen LogP contribution in [0.5, 0.6) is 0 Å². The number of hydrogen-bond donors (Lipinski definition) is 1. The highest BCUT2D eigenvalue weighted by Gasteiger charge is 2.21. The fourth-order valence-corrected chi connectivity index (χ4v) is 2.96. The minimum Gasteiger partial charge on any atom is -0.464 e. The van der Waals surface area contributed by atoms with E-state index in [2.05, 4.69) is 39.1 Å². The molecule has 0 aliphatic heterocycles. The molecule has 3 rings (SSSR count). The van der Waals surface area contributed by atoms with E-state index < -0.39 is 0 Å². The number of H-pyrrole nitrogens is 1. The van der Waals surface area contributed by atoms with E-state index in [4.69, 9.17) is 4.74 Å². The van der Waals surface area contributed by atoms with E-state index in [-0.39, 0.29) is 5.97 Å². The zero-order chi connectivity index (χ0) is 14.1. The predicted molar refractivity (Wildman–Crippen MR) is 82.5 cm³/mol. The molecular formula is C16H14BrNO2. The second-order valence-corrected chi connectivity index (χ2v) is 5.71. The van der Waals surface area contributed by atoms with E-state index in [1.54, 1.807) is 0 Å². The van der Waals surface area contributed by atoms with Gasteiger partial charge in [-0.3, -0.25) is 0 Å². The quantitative estimate of drug-likeness (QED) is 0.843. The Labute approximate surface area is 125 Å². The maximum Gasteiger partial charge on any atom is 0.354 e. The van der Waals surface area contributed by atoms with Crippen molar-refractivity contribution in [2.24, 2.45) is 0 Å². The van der Waals surface area contributed by atoms with Gasteiger partial charge in [0.2, 0.25) is 0 Å².